The molecule has 0 aliphatic carbocycles. The molecule has 30 heavy (non-hydrogen) atoms. The van der Waals surface area contributed by atoms with E-state index < -0.39 is 6.04 Å². The number of halogens is 1. The number of amides is 2. The third kappa shape index (κ3) is 5.69. The number of likely N-dealkylation sites (N-methyl/N-ethyl adjacent to an activating group) is 1. The van der Waals surface area contributed by atoms with E-state index in [-0.39, 0.29) is 18.4 Å². The summed E-state index contributed by atoms with van der Waals surface area (Å²) < 4.78 is 0. The van der Waals surface area contributed by atoms with Gasteiger partial charge in [-0.2, -0.15) is 0 Å². The first-order valence-corrected chi connectivity index (χ1v) is 10.0. The predicted octanol–water partition coefficient (Wildman–Crippen LogP) is 4.90. The molecule has 0 aliphatic rings. The number of hydrogen-bond donors (Lipinski definition) is 2. The Hall–Kier alpha value is -3.15. The Bertz CT molecular complexity index is 1010. The molecule has 0 radical (unpaired) electrons. The van der Waals surface area contributed by atoms with Crippen LogP contribution in [0.1, 0.15) is 6.92 Å². The van der Waals surface area contributed by atoms with Crippen LogP contribution in [0.5, 0.6) is 0 Å². The van der Waals surface area contributed by atoms with Crippen LogP contribution in [-0.4, -0.2) is 36.3 Å². The first kappa shape index (κ1) is 21.6. The average Bonchev–Trinajstić information content (AvgIpc) is 2.75. The molecule has 0 bridgehead atoms. The molecule has 6 heteroatoms. The molecular formula is C24H24ClN3O2. The van der Waals surface area contributed by atoms with Crippen molar-refractivity contribution in [1.82, 2.24) is 4.90 Å². The maximum absolute atomic E-state index is 12.8. The van der Waals surface area contributed by atoms with Gasteiger partial charge in [0.2, 0.25) is 11.8 Å². The normalized spacial score (nSPS) is 11.7. The zero-order valence-electron chi connectivity index (χ0n) is 16.9. The highest BCUT2D eigenvalue weighted by Crippen LogP contribution is 2.27. The van der Waals surface area contributed by atoms with E-state index in [0.29, 0.717) is 10.7 Å². The summed E-state index contributed by atoms with van der Waals surface area (Å²) in [5.41, 5.74) is 3.37. The maximum Gasteiger partial charge on any atom is 0.241 e. The van der Waals surface area contributed by atoms with Crippen LogP contribution < -0.4 is 10.6 Å². The van der Waals surface area contributed by atoms with Crippen LogP contribution in [0.25, 0.3) is 11.1 Å². The van der Waals surface area contributed by atoms with E-state index in [0.717, 1.165) is 16.8 Å². The Morgan fingerprint density at radius 2 is 1.53 bits per heavy atom. The van der Waals surface area contributed by atoms with Crippen molar-refractivity contribution in [3.8, 4) is 11.1 Å². The molecule has 0 aliphatic heterocycles. The smallest absolute Gasteiger partial charge is 0.241 e. The minimum atomic E-state index is -0.496. The molecule has 3 rings (SSSR count). The number of para-hydroxylation sites is 1. The Morgan fingerprint density at radius 1 is 0.900 bits per heavy atom. The van der Waals surface area contributed by atoms with Crippen molar-refractivity contribution in [2.45, 2.75) is 13.0 Å². The average molecular weight is 422 g/mol. The Balaban J connectivity index is 1.62. The van der Waals surface area contributed by atoms with Gasteiger partial charge < -0.3 is 10.6 Å². The number of carbonyl (C=O) groups excluding carboxylic acids is 2. The first-order valence-electron chi connectivity index (χ1n) is 9.65. The van der Waals surface area contributed by atoms with Crippen LogP contribution in [0.15, 0.2) is 78.9 Å². The topological polar surface area (TPSA) is 61.4 Å². The van der Waals surface area contributed by atoms with Crippen molar-refractivity contribution < 1.29 is 9.59 Å². The van der Waals surface area contributed by atoms with Gasteiger partial charge >= 0.3 is 0 Å². The quantitative estimate of drug-likeness (QED) is 0.570. The van der Waals surface area contributed by atoms with E-state index in [1.807, 2.05) is 54.6 Å². The molecule has 0 heterocycles. The standard InChI is InChI=1S/C24H24ClN3O2/c1-17(28(2)16-23(29)26-20-14-12-19(25)13-15-20)24(30)27-22-11-7-6-10-21(22)18-8-4-3-5-9-18/h3-15,17H,16H2,1-2H3,(H,26,29)(H,27,30)/t17-/m0/s1. The predicted molar refractivity (Wildman–Crippen MR) is 123 cm³/mol. The van der Waals surface area contributed by atoms with Crippen molar-refractivity contribution >= 4 is 34.8 Å². The Kier molecular flexibility index (Phi) is 7.22. The van der Waals surface area contributed by atoms with Crippen molar-refractivity contribution in [3.05, 3.63) is 83.9 Å². The van der Waals surface area contributed by atoms with Crippen LogP contribution >= 0.6 is 11.6 Å². The molecule has 0 aromatic heterocycles. The number of benzene rings is 3. The van der Waals surface area contributed by atoms with E-state index in [9.17, 15) is 9.59 Å². The van der Waals surface area contributed by atoms with Crippen LogP contribution in [-0.2, 0) is 9.59 Å². The van der Waals surface area contributed by atoms with Crippen molar-refractivity contribution in [2.24, 2.45) is 0 Å². The van der Waals surface area contributed by atoms with Crippen LogP contribution in [0, 0.1) is 0 Å². The second-order valence-corrected chi connectivity index (χ2v) is 7.48. The largest absolute Gasteiger partial charge is 0.325 e. The van der Waals surface area contributed by atoms with Gasteiger partial charge in [-0.25, -0.2) is 0 Å². The zero-order chi connectivity index (χ0) is 21.5. The number of carbonyl (C=O) groups is 2. The van der Waals surface area contributed by atoms with Crippen LogP contribution in [0.3, 0.4) is 0 Å². The number of hydrogen-bond acceptors (Lipinski definition) is 3. The van der Waals surface area contributed by atoms with Crippen LogP contribution in [0.2, 0.25) is 5.02 Å². The van der Waals surface area contributed by atoms with E-state index in [1.165, 1.54) is 0 Å². The summed E-state index contributed by atoms with van der Waals surface area (Å²) in [4.78, 5) is 26.8. The maximum atomic E-state index is 12.8. The minimum Gasteiger partial charge on any atom is -0.325 e. The lowest BCUT2D eigenvalue weighted by atomic mass is 10.0. The second-order valence-electron chi connectivity index (χ2n) is 7.05. The molecule has 0 spiro atoms. The van der Waals surface area contributed by atoms with Crippen molar-refractivity contribution in [1.29, 1.82) is 0 Å². The van der Waals surface area contributed by atoms with Gasteiger partial charge in [-0.3, -0.25) is 14.5 Å². The lowest BCUT2D eigenvalue weighted by Gasteiger charge is -2.24. The molecular weight excluding hydrogens is 398 g/mol. The molecule has 1 atom stereocenters. The van der Waals surface area contributed by atoms with E-state index in [1.54, 1.807) is 43.1 Å². The van der Waals surface area contributed by atoms with E-state index in [2.05, 4.69) is 10.6 Å². The molecule has 2 amide bonds. The number of nitrogens with one attached hydrogen (secondary N) is 2. The highest BCUT2D eigenvalue weighted by molar-refractivity contribution is 6.30. The highest BCUT2D eigenvalue weighted by Gasteiger charge is 2.21. The summed E-state index contributed by atoms with van der Waals surface area (Å²) in [5, 5.41) is 6.40. The van der Waals surface area contributed by atoms with Gasteiger partial charge in [0.1, 0.15) is 0 Å². The lowest BCUT2D eigenvalue weighted by molar-refractivity contribution is -0.122. The molecule has 0 unspecified atom stereocenters. The van der Waals surface area contributed by atoms with Gasteiger partial charge in [-0.1, -0.05) is 60.1 Å². The first-order chi connectivity index (χ1) is 14.4. The van der Waals surface area contributed by atoms with Crippen LogP contribution in [0.4, 0.5) is 11.4 Å². The van der Waals surface area contributed by atoms with Gasteiger partial charge in [-0.05, 0) is 49.9 Å². The summed E-state index contributed by atoms with van der Waals surface area (Å²) in [6.45, 7) is 1.85. The number of rotatable bonds is 7. The van der Waals surface area contributed by atoms with E-state index in [4.69, 9.17) is 11.6 Å². The summed E-state index contributed by atoms with van der Waals surface area (Å²) in [6, 6.07) is 23.9. The summed E-state index contributed by atoms with van der Waals surface area (Å²) in [6.07, 6.45) is 0. The molecule has 5 nitrogen and oxygen atoms in total. The highest BCUT2D eigenvalue weighted by atomic mass is 35.5. The van der Waals surface area contributed by atoms with Crippen molar-refractivity contribution in [3.63, 3.8) is 0 Å². The van der Waals surface area contributed by atoms with Gasteiger partial charge in [0, 0.05) is 22.0 Å². The second kappa shape index (κ2) is 10.1. The molecule has 154 valence electrons. The van der Waals surface area contributed by atoms with Gasteiger partial charge in [0.25, 0.3) is 0 Å². The molecule has 2 N–H and O–H groups in total. The lowest BCUT2D eigenvalue weighted by Crippen LogP contribution is -2.43. The SMILES string of the molecule is C[C@@H](C(=O)Nc1ccccc1-c1ccccc1)N(C)CC(=O)Nc1ccc(Cl)cc1. The fraction of sp³-hybridized carbons (Fsp3) is 0.167. The van der Waals surface area contributed by atoms with Gasteiger partial charge in [0.05, 0.1) is 12.6 Å². The summed E-state index contributed by atoms with van der Waals surface area (Å²) in [7, 11) is 1.74. The monoisotopic (exact) mass is 421 g/mol. The molecule has 0 saturated carbocycles. The van der Waals surface area contributed by atoms with Gasteiger partial charge in [0.15, 0.2) is 0 Å². The summed E-state index contributed by atoms with van der Waals surface area (Å²) >= 11 is 5.86. The number of anilines is 2. The van der Waals surface area contributed by atoms with E-state index >= 15 is 0 Å². The third-order valence-corrected chi connectivity index (χ3v) is 5.08. The van der Waals surface area contributed by atoms with Gasteiger partial charge in [-0.15, -0.1) is 0 Å². The Morgan fingerprint density at radius 3 is 2.23 bits per heavy atom. The summed E-state index contributed by atoms with van der Waals surface area (Å²) in [5.74, 6) is -0.385. The van der Waals surface area contributed by atoms with Crippen molar-refractivity contribution in [2.75, 3.05) is 24.2 Å². The minimum absolute atomic E-state index is 0.0809. The molecule has 0 saturated heterocycles. The molecule has 3 aromatic rings. The Labute approximate surface area is 181 Å². The molecule has 0 fully saturated rings. The molecule has 3 aromatic carbocycles. The fourth-order valence-electron chi connectivity index (χ4n) is 3.00. The fourth-order valence-corrected chi connectivity index (χ4v) is 3.12. The third-order valence-electron chi connectivity index (χ3n) is 4.83. The zero-order valence-corrected chi connectivity index (χ0v) is 17.7. The number of nitrogens with zero attached hydrogens (tertiary/aromatic N) is 1.